The van der Waals surface area contributed by atoms with Crippen molar-refractivity contribution in [3.8, 4) is 17.2 Å². The van der Waals surface area contributed by atoms with Crippen LogP contribution in [-0.4, -0.2) is 40.7 Å². The van der Waals surface area contributed by atoms with E-state index in [0.717, 1.165) is 10.4 Å². The Morgan fingerprint density at radius 2 is 1.80 bits per heavy atom. The Morgan fingerprint density at radius 1 is 1.06 bits per heavy atom. The maximum Gasteiger partial charge on any atom is 0.264 e. The number of benzene rings is 3. The van der Waals surface area contributed by atoms with Gasteiger partial charge in [0.1, 0.15) is 37.9 Å². The molecule has 0 spiro atoms. The second kappa shape index (κ2) is 10.5. The molecule has 3 aromatic rings. The predicted molar refractivity (Wildman–Crippen MR) is 129 cm³/mol. The van der Waals surface area contributed by atoms with E-state index < -0.39 is 28.3 Å². The van der Waals surface area contributed by atoms with Gasteiger partial charge in [0.15, 0.2) is 11.5 Å². The quantitative estimate of drug-likeness (QED) is 0.449. The number of fused-ring (bicyclic) bond motifs is 1. The highest BCUT2D eigenvalue weighted by Gasteiger charge is 2.29. The third kappa shape index (κ3) is 5.72. The summed E-state index contributed by atoms with van der Waals surface area (Å²) in [4.78, 5) is 12.7. The van der Waals surface area contributed by atoms with E-state index >= 15 is 0 Å². The second-order valence-corrected chi connectivity index (χ2v) is 9.33. The van der Waals surface area contributed by atoms with E-state index in [4.69, 9.17) is 14.2 Å². The topological polar surface area (TPSA) is 94.2 Å². The molecule has 0 atom stereocenters. The lowest BCUT2D eigenvalue weighted by Crippen LogP contribution is -2.38. The van der Waals surface area contributed by atoms with Crippen molar-refractivity contribution >= 4 is 27.3 Å². The SMILES string of the molecule is C=CCOc1ccc(NC(=O)CN(c2cccc(F)c2)S(=O)(=O)c2ccc3c(c2)OCCO3)cc1. The van der Waals surface area contributed by atoms with Gasteiger partial charge in [-0.2, -0.15) is 0 Å². The zero-order valence-corrected chi connectivity index (χ0v) is 19.5. The number of nitrogens with one attached hydrogen (secondary N) is 1. The van der Waals surface area contributed by atoms with Crippen LogP contribution in [0.15, 0.2) is 84.3 Å². The third-order valence-electron chi connectivity index (χ3n) is 4.99. The molecule has 1 N–H and O–H groups in total. The Morgan fingerprint density at radius 3 is 2.51 bits per heavy atom. The van der Waals surface area contributed by atoms with Crippen LogP contribution >= 0.6 is 0 Å². The molecule has 35 heavy (non-hydrogen) atoms. The van der Waals surface area contributed by atoms with Crippen molar-refractivity contribution in [1.82, 2.24) is 0 Å². The van der Waals surface area contributed by atoms with Crippen molar-refractivity contribution < 1.29 is 31.8 Å². The molecule has 182 valence electrons. The summed E-state index contributed by atoms with van der Waals surface area (Å²) < 4.78 is 58.3. The summed E-state index contributed by atoms with van der Waals surface area (Å²) in [6, 6.07) is 15.8. The molecule has 1 heterocycles. The second-order valence-electron chi connectivity index (χ2n) is 7.47. The van der Waals surface area contributed by atoms with Crippen LogP contribution in [-0.2, 0) is 14.8 Å². The number of carbonyl (C=O) groups excluding carboxylic acids is 1. The zero-order valence-electron chi connectivity index (χ0n) is 18.6. The van der Waals surface area contributed by atoms with Crippen LogP contribution in [0.2, 0.25) is 0 Å². The minimum Gasteiger partial charge on any atom is -0.490 e. The Labute approximate surface area is 202 Å². The van der Waals surface area contributed by atoms with E-state index in [1.165, 1.54) is 36.4 Å². The zero-order chi connectivity index (χ0) is 24.8. The molecule has 8 nitrogen and oxygen atoms in total. The van der Waals surface area contributed by atoms with Gasteiger partial charge in [0.25, 0.3) is 10.0 Å². The lowest BCUT2D eigenvalue weighted by Gasteiger charge is -2.25. The van der Waals surface area contributed by atoms with Gasteiger partial charge in [-0.1, -0.05) is 18.7 Å². The van der Waals surface area contributed by atoms with Crippen LogP contribution in [0.4, 0.5) is 15.8 Å². The first-order valence-corrected chi connectivity index (χ1v) is 12.1. The van der Waals surface area contributed by atoms with Gasteiger partial charge >= 0.3 is 0 Å². The fourth-order valence-electron chi connectivity index (χ4n) is 3.38. The number of hydrogen-bond acceptors (Lipinski definition) is 6. The van der Waals surface area contributed by atoms with Crippen molar-refractivity contribution in [1.29, 1.82) is 0 Å². The maximum absolute atomic E-state index is 14.0. The molecular formula is C25H23FN2O6S. The molecule has 3 aromatic carbocycles. The Kier molecular flexibility index (Phi) is 7.21. The van der Waals surface area contributed by atoms with Gasteiger partial charge in [-0.25, -0.2) is 12.8 Å². The number of nitrogens with zero attached hydrogens (tertiary/aromatic N) is 1. The number of amides is 1. The van der Waals surface area contributed by atoms with Gasteiger partial charge in [-0.05, 0) is 54.6 Å². The first-order valence-electron chi connectivity index (χ1n) is 10.7. The average molecular weight is 499 g/mol. The fraction of sp³-hybridized carbons (Fsp3) is 0.160. The minimum atomic E-state index is -4.27. The molecule has 1 amide bonds. The van der Waals surface area contributed by atoms with E-state index in [-0.39, 0.29) is 22.9 Å². The van der Waals surface area contributed by atoms with Crippen LogP contribution in [0.25, 0.3) is 0 Å². The number of ether oxygens (including phenoxy) is 3. The van der Waals surface area contributed by atoms with Crippen molar-refractivity contribution in [2.75, 3.05) is 36.0 Å². The van der Waals surface area contributed by atoms with Crippen LogP contribution in [0.5, 0.6) is 17.2 Å². The maximum atomic E-state index is 14.0. The van der Waals surface area contributed by atoms with E-state index in [1.807, 2.05) is 0 Å². The number of sulfonamides is 1. The number of rotatable bonds is 9. The summed E-state index contributed by atoms with van der Waals surface area (Å²) in [6.45, 7) is 3.97. The van der Waals surface area contributed by atoms with E-state index in [2.05, 4.69) is 11.9 Å². The minimum absolute atomic E-state index is 0.00297. The molecule has 0 unspecified atom stereocenters. The monoisotopic (exact) mass is 498 g/mol. The molecule has 0 aromatic heterocycles. The molecule has 10 heteroatoms. The average Bonchev–Trinajstić information content (AvgIpc) is 2.86. The van der Waals surface area contributed by atoms with Crippen molar-refractivity contribution in [3.05, 3.63) is 85.2 Å². The van der Waals surface area contributed by atoms with Crippen LogP contribution in [0.3, 0.4) is 0 Å². The predicted octanol–water partition coefficient (Wildman–Crippen LogP) is 4.00. The number of anilines is 2. The standard InChI is InChI=1S/C25H23FN2O6S/c1-2-12-32-21-8-6-19(7-9-21)27-25(29)17-28(20-5-3-4-18(26)15-20)35(30,31)22-10-11-23-24(16-22)34-14-13-33-23/h2-11,15-16H,1,12-14,17H2,(H,27,29). The molecule has 0 saturated heterocycles. The fourth-order valence-corrected chi connectivity index (χ4v) is 4.81. The number of hydrogen-bond donors (Lipinski definition) is 1. The summed E-state index contributed by atoms with van der Waals surface area (Å²) >= 11 is 0. The van der Waals surface area contributed by atoms with Gasteiger partial charge in [-0.15, -0.1) is 0 Å². The van der Waals surface area contributed by atoms with Crippen LogP contribution < -0.4 is 23.8 Å². The smallest absolute Gasteiger partial charge is 0.264 e. The first-order chi connectivity index (χ1) is 16.9. The van der Waals surface area contributed by atoms with Crippen LogP contribution in [0.1, 0.15) is 0 Å². The van der Waals surface area contributed by atoms with Gasteiger partial charge < -0.3 is 19.5 Å². The van der Waals surface area contributed by atoms with Gasteiger partial charge in [0, 0.05) is 11.8 Å². The molecule has 1 aliphatic rings. The summed E-state index contributed by atoms with van der Waals surface area (Å²) in [6.07, 6.45) is 1.61. The molecule has 0 bridgehead atoms. The molecular weight excluding hydrogens is 475 g/mol. The first kappa shape index (κ1) is 24.1. The molecule has 0 aliphatic carbocycles. The van der Waals surface area contributed by atoms with Gasteiger partial charge in [0.2, 0.25) is 5.91 Å². The van der Waals surface area contributed by atoms with Gasteiger partial charge in [0.05, 0.1) is 10.6 Å². The summed E-state index contributed by atoms with van der Waals surface area (Å²) in [7, 11) is -4.27. The van der Waals surface area contributed by atoms with E-state index in [0.29, 0.717) is 30.4 Å². The van der Waals surface area contributed by atoms with E-state index in [1.54, 1.807) is 30.3 Å². The van der Waals surface area contributed by atoms with Crippen molar-refractivity contribution in [2.45, 2.75) is 4.90 Å². The largest absolute Gasteiger partial charge is 0.490 e. The van der Waals surface area contributed by atoms with Gasteiger partial charge in [-0.3, -0.25) is 9.10 Å². The summed E-state index contributed by atoms with van der Waals surface area (Å²) in [5, 5.41) is 2.65. The highest BCUT2D eigenvalue weighted by atomic mass is 32.2. The molecule has 0 saturated carbocycles. The Bertz CT molecular complexity index is 1330. The lowest BCUT2D eigenvalue weighted by atomic mass is 10.3. The molecule has 1 aliphatic heterocycles. The van der Waals surface area contributed by atoms with Crippen molar-refractivity contribution in [3.63, 3.8) is 0 Å². The lowest BCUT2D eigenvalue weighted by molar-refractivity contribution is -0.114. The number of carbonyl (C=O) groups is 1. The van der Waals surface area contributed by atoms with Crippen molar-refractivity contribution in [2.24, 2.45) is 0 Å². The van der Waals surface area contributed by atoms with E-state index in [9.17, 15) is 17.6 Å². The molecule has 4 rings (SSSR count). The summed E-state index contributed by atoms with van der Waals surface area (Å²) in [5.74, 6) is 0.0338. The summed E-state index contributed by atoms with van der Waals surface area (Å²) in [5.41, 5.74) is 0.445. The number of halogens is 1. The Balaban J connectivity index is 1.60. The molecule has 0 fully saturated rings. The molecule has 0 radical (unpaired) electrons. The normalized spacial score (nSPS) is 12.5. The Hall–Kier alpha value is -4.05. The third-order valence-corrected chi connectivity index (χ3v) is 6.76. The highest BCUT2D eigenvalue weighted by Crippen LogP contribution is 2.34. The highest BCUT2D eigenvalue weighted by molar-refractivity contribution is 7.92. The van der Waals surface area contributed by atoms with Crippen LogP contribution in [0, 0.1) is 5.82 Å².